The minimum Gasteiger partial charge on any atom is -0.481 e. The highest BCUT2D eigenvalue weighted by atomic mass is 32.2. The molecule has 1 unspecified atom stereocenters. The van der Waals surface area contributed by atoms with E-state index in [9.17, 15) is 4.79 Å². The molecular formula is C14H25N3O2S. The van der Waals surface area contributed by atoms with Crippen LogP contribution in [0.25, 0.3) is 0 Å². The molecule has 1 aromatic heterocycles. The lowest BCUT2D eigenvalue weighted by Gasteiger charge is -2.26. The van der Waals surface area contributed by atoms with Gasteiger partial charge in [0.15, 0.2) is 5.16 Å². The molecule has 1 rings (SSSR count). The maximum absolute atomic E-state index is 10.8. The number of hydrogen-bond donors (Lipinski definition) is 1. The minimum atomic E-state index is -0.810. The van der Waals surface area contributed by atoms with E-state index < -0.39 is 5.97 Å². The van der Waals surface area contributed by atoms with Crippen LogP contribution in [0.1, 0.15) is 32.0 Å². The number of rotatable bonds is 8. The molecule has 0 bridgehead atoms. The summed E-state index contributed by atoms with van der Waals surface area (Å²) in [6.45, 7) is 7.37. The quantitative estimate of drug-likeness (QED) is 0.747. The predicted molar refractivity (Wildman–Crippen MR) is 82.4 cm³/mol. The smallest absolute Gasteiger partial charge is 0.313 e. The van der Waals surface area contributed by atoms with Crippen molar-refractivity contribution in [2.75, 3.05) is 26.4 Å². The molecule has 114 valence electrons. The number of aryl methyl sites for hydroxylation is 1. The zero-order valence-corrected chi connectivity index (χ0v) is 13.8. The lowest BCUT2D eigenvalue weighted by atomic mass is 10.0. The van der Waals surface area contributed by atoms with Gasteiger partial charge in [-0.15, -0.1) is 0 Å². The molecule has 0 fully saturated rings. The first-order valence-corrected chi connectivity index (χ1v) is 7.83. The van der Waals surface area contributed by atoms with Crippen LogP contribution in [0.5, 0.6) is 0 Å². The summed E-state index contributed by atoms with van der Waals surface area (Å²) < 4.78 is 2.19. The van der Waals surface area contributed by atoms with Gasteiger partial charge >= 0.3 is 5.97 Å². The molecule has 0 spiro atoms. The number of nitrogens with zero attached hydrogens (tertiary/aromatic N) is 3. The van der Waals surface area contributed by atoms with Gasteiger partial charge in [-0.3, -0.25) is 4.79 Å². The number of thioether (sulfide) groups is 1. The molecule has 0 amide bonds. The van der Waals surface area contributed by atoms with Crippen LogP contribution in [-0.4, -0.2) is 51.9 Å². The molecule has 0 saturated heterocycles. The fraction of sp³-hybridized carbons (Fsp3) is 0.714. The first-order chi connectivity index (χ1) is 9.31. The van der Waals surface area contributed by atoms with Gasteiger partial charge in [0.1, 0.15) is 0 Å². The van der Waals surface area contributed by atoms with E-state index in [-0.39, 0.29) is 5.75 Å². The maximum Gasteiger partial charge on any atom is 0.313 e. The highest BCUT2D eigenvalue weighted by Crippen LogP contribution is 2.27. The Labute approximate surface area is 125 Å². The summed E-state index contributed by atoms with van der Waals surface area (Å²) in [5, 5.41) is 9.64. The Bertz CT molecular complexity index is 434. The zero-order valence-electron chi connectivity index (χ0n) is 13.0. The topological polar surface area (TPSA) is 58.4 Å². The first-order valence-electron chi connectivity index (χ1n) is 6.84. The molecule has 20 heavy (non-hydrogen) atoms. The number of hydrogen-bond acceptors (Lipinski definition) is 4. The molecule has 5 nitrogen and oxygen atoms in total. The van der Waals surface area contributed by atoms with Crippen molar-refractivity contribution in [2.24, 2.45) is 5.92 Å². The fourth-order valence-corrected chi connectivity index (χ4v) is 3.14. The molecule has 0 aliphatic heterocycles. The standard InChI is InChI=1S/C14H25N3O2S/c1-10(2)6-12(8-16(4)5)17-11(3)7-15-14(17)20-9-13(18)19/h7,10,12H,6,8-9H2,1-5H3,(H,18,19). The van der Waals surface area contributed by atoms with Gasteiger partial charge < -0.3 is 14.6 Å². The average molecular weight is 299 g/mol. The minimum absolute atomic E-state index is 0.0484. The number of carbonyl (C=O) groups is 1. The molecule has 6 heteroatoms. The van der Waals surface area contributed by atoms with Gasteiger partial charge in [0.05, 0.1) is 5.75 Å². The van der Waals surface area contributed by atoms with Crippen molar-refractivity contribution in [1.82, 2.24) is 14.5 Å². The molecule has 1 N–H and O–H groups in total. The van der Waals surface area contributed by atoms with Gasteiger partial charge in [-0.05, 0) is 33.4 Å². The molecule has 0 aliphatic carbocycles. The number of imidazole rings is 1. The Morgan fingerprint density at radius 1 is 1.50 bits per heavy atom. The van der Waals surface area contributed by atoms with Gasteiger partial charge in [-0.2, -0.15) is 0 Å². The lowest BCUT2D eigenvalue weighted by Crippen LogP contribution is -2.27. The Hall–Kier alpha value is -1.01. The normalized spacial score (nSPS) is 13.2. The molecule has 1 aromatic rings. The summed E-state index contributed by atoms with van der Waals surface area (Å²) >= 11 is 1.29. The first kappa shape index (κ1) is 17.0. The highest BCUT2D eigenvalue weighted by molar-refractivity contribution is 7.99. The summed E-state index contributed by atoms with van der Waals surface area (Å²) in [4.78, 5) is 17.3. The van der Waals surface area contributed by atoms with E-state index in [1.54, 1.807) is 0 Å². The highest BCUT2D eigenvalue weighted by Gasteiger charge is 2.20. The van der Waals surface area contributed by atoms with Crippen LogP contribution in [-0.2, 0) is 4.79 Å². The van der Waals surface area contributed by atoms with Gasteiger partial charge in [-0.1, -0.05) is 25.6 Å². The van der Waals surface area contributed by atoms with Crippen molar-refractivity contribution in [1.29, 1.82) is 0 Å². The zero-order chi connectivity index (χ0) is 15.3. The lowest BCUT2D eigenvalue weighted by molar-refractivity contribution is -0.133. The van der Waals surface area contributed by atoms with E-state index in [2.05, 4.69) is 42.4 Å². The van der Waals surface area contributed by atoms with E-state index in [1.165, 1.54) is 11.8 Å². The predicted octanol–water partition coefficient (Wildman–Crippen LogP) is 2.52. The van der Waals surface area contributed by atoms with Crippen LogP contribution in [0.3, 0.4) is 0 Å². The van der Waals surface area contributed by atoms with Crippen molar-refractivity contribution >= 4 is 17.7 Å². The molecule has 0 aromatic carbocycles. The molecule has 1 heterocycles. The van der Waals surface area contributed by atoms with Crippen molar-refractivity contribution in [3.8, 4) is 0 Å². The molecular weight excluding hydrogens is 274 g/mol. The van der Waals surface area contributed by atoms with Crippen LogP contribution in [0.2, 0.25) is 0 Å². The van der Waals surface area contributed by atoms with Crippen molar-refractivity contribution in [3.63, 3.8) is 0 Å². The van der Waals surface area contributed by atoms with Crippen LogP contribution >= 0.6 is 11.8 Å². The van der Waals surface area contributed by atoms with Gasteiger partial charge in [-0.25, -0.2) is 4.98 Å². The summed E-state index contributed by atoms with van der Waals surface area (Å²) in [5.41, 5.74) is 1.09. The molecule has 0 saturated carbocycles. The number of likely N-dealkylation sites (N-methyl/N-ethyl adjacent to an activating group) is 1. The van der Waals surface area contributed by atoms with Crippen LogP contribution < -0.4 is 0 Å². The van der Waals surface area contributed by atoms with Crippen molar-refractivity contribution in [3.05, 3.63) is 11.9 Å². The van der Waals surface area contributed by atoms with Gasteiger partial charge in [0.25, 0.3) is 0 Å². The van der Waals surface area contributed by atoms with Gasteiger partial charge in [0.2, 0.25) is 0 Å². The van der Waals surface area contributed by atoms with Crippen molar-refractivity contribution in [2.45, 2.75) is 38.4 Å². The number of aromatic nitrogens is 2. The third kappa shape index (κ3) is 5.17. The van der Waals surface area contributed by atoms with Gasteiger partial charge in [0, 0.05) is 24.5 Å². The second kappa shape index (κ2) is 7.69. The van der Waals surface area contributed by atoms with E-state index >= 15 is 0 Å². The van der Waals surface area contributed by atoms with E-state index in [4.69, 9.17) is 5.11 Å². The summed E-state index contributed by atoms with van der Waals surface area (Å²) in [7, 11) is 4.12. The van der Waals surface area contributed by atoms with E-state index in [0.29, 0.717) is 12.0 Å². The average Bonchev–Trinajstić information content (AvgIpc) is 2.65. The molecule has 0 aliphatic rings. The van der Waals surface area contributed by atoms with Crippen LogP contribution in [0.4, 0.5) is 0 Å². The second-order valence-corrected chi connectivity index (χ2v) is 6.72. The summed E-state index contributed by atoms with van der Waals surface area (Å²) in [6.07, 6.45) is 2.88. The molecule has 1 atom stereocenters. The maximum atomic E-state index is 10.8. The number of carboxylic acids is 1. The van der Waals surface area contributed by atoms with Crippen LogP contribution in [0.15, 0.2) is 11.4 Å². The Morgan fingerprint density at radius 2 is 2.15 bits per heavy atom. The largest absolute Gasteiger partial charge is 0.481 e. The summed E-state index contributed by atoms with van der Waals surface area (Å²) in [6, 6.07) is 0.323. The third-order valence-electron chi connectivity index (χ3n) is 2.96. The number of carboxylic acid groups (broad SMARTS) is 1. The van der Waals surface area contributed by atoms with E-state index in [1.807, 2.05) is 13.1 Å². The Kier molecular flexibility index (Phi) is 6.55. The fourth-order valence-electron chi connectivity index (χ4n) is 2.33. The second-order valence-electron chi connectivity index (χ2n) is 5.78. The van der Waals surface area contributed by atoms with Crippen LogP contribution in [0, 0.1) is 12.8 Å². The SMILES string of the molecule is Cc1cnc(SCC(=O)O)n1C(CC(C)C)CN(C)C. The van der Waals surface area contributed by atoms with E-state index in [0.717, 1.165) is 23.8 Å². The molecule has 0 radical (unpaired) electrons. The third-order valence-corrected chi connectivity index (χ3v) is 3.91. The van der Waals surface area contributed by atoms with Crippen molar-refractivity contribution < 1.29 is 9.90 Å². The monoisotopic (exact) mass is 299 g/mol. The Morgan fingerprint density at radius 3 is 2.65 bits per heavy atom. The summed E-state index contributed by atoms with van der Waals surface area (Å²) in [5.74, 6) is -0.179. The Balaban J connectivity index is 2.98. The number of aliphatic carboxylic acids is 1.